The second-order valence-corrected chi connectivity index (χ2v) is 9.62. The Hall–Kier alpha value is -4.98. The minimum absolute atomic E-state index is 0.00954. The molecular weight excluding hydrogens is 500 g/mol. The highest BCUT2D eigenvalue weighted by atomic mass is 19.1. The molecule has 2 heterocycles. The Morgan fingerprint density at radius 1 is 0.421 bits per heavy atom. The van der Waals surface area contributed by atoms with Crippen LogP contribution in [0.2, 0.25) is 0 Å². The first-order valence-electron chi connectivity index (χ1n) is 11.6. The molecule has 0 aliphatic carbocycles. The van der Waals surface area contributed by atoms with Crippen LogP contribution in [-0.4, -0.2) is 0 Å². The number of hydrogen-bond donors (Lipinski definition) is 0. The van der Waals surface area contributed by atoms with Crippen molar-refractivity contribution >= 4 is 86.6 Å². The van der Waals surface area contributed by atoms with Crippen molar-refractivity contribution in [1.29, 1.82) is 0 Å². The third kappa shape index (κ3) is 2.04. The smallest absolute Gasteiger partial charge is 0.344 e. The molecule has 0 aliphatic rings. The van der Waals surface area contributed by atoms with Crippen molar-refractivity contribution in [2.75, 3.05) is 0 Å². The van der Waals surface area contributed by atoms with Crippen LogP contribution in [0.1, 0.15) is 0 Å². The molecule has 9 aromatic rings. The van der Waals surface area contributed by atoms with Gasteiger partial charge in [0.15, 0.2) is 0 Å². The van der Waals surface area contributed by atoms with Gasteiger partial charge in [-0.3, -0.25) is 0 Å². The van der Waals surface area contributed by atoms with Crippen LogP contribution in [0.15, 0.2) is 67.0 Å². The van der Waals surface area contributed by atoms with Crippen LogP contribution in [0.3, 0.4) is 0 Å². The van der Waals surface area contributed by atoms with Gasteiger partial charge in [-0.1, -0.05) is 0 Å². The molecule has 0 fully saturated rings. The fraction of sp³-hybridized carbons (Fsp3) is 0. The molecule has 0 bridgehead atoms. The fourth-order valence-electron chi connectivity index (χ4n) is 6.60. The highest BCUT2D eigenvalue weighted by Crippen LogP contribution is 2.51. The van der Waals surface area contributed by atoms with Crippen molar-refractivity contribution in [3.63, 3.8) is 0 Å². The maximum absolute atomic E-state index is 15.3. The first-order chi connectivity index (χ1) is 18.3. The summed E-state index contributed by atoms with van der Waals surface area (Å²) >= 11 is 0. The molecule has 0 spiro atoms. The summed E-state index contributed by atoms with van der Waals surface area (Å²) in [5.41, 5.74) is -1.28. The lowest BCUT2D eigenvalue weighted by atomic mass is 9.82. The van der Waals surface area contributed by atoms with Gasteiger partial charge < -0.3 is 8.83 Å². The predicted molar refractivity (Wildman–Crippen MR) is 137 cm³/mol. The average Bonchev–Trinajstić information content (AvgIpc) is 2.86. The van der Waals surface area contributed by atoms with Gasteiger partial charge in [0.2, 0.25) is 0 Å². The lowest BCUT2D eigenvalue weighted by molar-refractivity contribution is 0.569. The molecular formula is C30H8F4O4. The third-order valence-electron chi connectivity index (χ3n) is 7.84. The van der Waals surface area contributed by atoms with E-state index in [0.29, 0.717) is 43.1 Å². The van der Waals surface area contributed by atoms with Gasteiger partial charge >= 0.3 is 11.3 Å². The summed E-state index contributed by atoms with van der Waals surface area (Å²) < 4.78 is 70.9. The molecule has 0 aliphatic heterocycles. The molecule has 0 saturated carbocycles. The quantitative estimate of drug-likeness (QED) is 0.0912. The lowest BCUT2D eigenvalue weighted by Gasteiger charge is -2.21. The zero-order valence-corrected chi connectivity index (χ0v) is 18.8. The molecule has 0 radical (unpaired) electrons. The molecule has 7 aromatic carbocycles. The van der Waals surface area contributed by atoms with E-state index >= 15 is 8.78 Å². The first kappa shape index (κ1) is 20.1. The minimum atomic E-state index is -0.874. The molecule has 2 aromatic heterocycles. The molecule has 180 valence electrons. The van der Waals surface area contributed by atoms with Crippen LogP contribution < -0.4 is 11.3 Å². The Labute approximate surface area is 205 Å². The predicted octanol–water partition coefficient (Wildman–Crippen LogP) is 7.69. The highest BCUT2D eigenvalue weighted by Gasteiger charge is 2.29. The van der Waals surface area contributed by atoms with Crippen LogP contribution in [-0.2, 0) is 0 Å². The second-order valence-electron chi connectivity index (χ2n) is 9.62. The van der Waals surface area contributed by atoms with Crippen molar-refractivity contribution in [2.24, 2.45) is 0 Å². The third-order valence-corrected chi connectivity index (χ3v) is 7.84. The van der Waals surface area contributed by atoms with Crippen LogP contribution in [0.4, 0.5) is 17.6 Å². The van der Waals surface area contributed by atoms with Gasteiger partial charge in [-0.2, -0.15) is 0 Å². The van der Waals surface area contributed by atoms with Crippen molar-refractivity contribution < 1.29 is 26.4 Å². The summed E-state index contributed by atoms with van der Waals surface area (Å²) in [6, 6.07) is 9.76. The number of fused-ring (bicyclic) bond motifs is 6. The Morgan fingerprint density at radius 2 is 0.842 bits per heavy atom. The zero-order valence-electron chi connectivity index (χ0n) is 18.8. The van der Waals surface area contributed by atoms with E-state index in [-0.39, 0.29) is 43.5 Å². The van der Waals surface area contributed by atoms with E-state index in [4.69, 9.17) is 8.83 Å². The average molecular weight is 508 g/mol. The van der Waals surface area contributed by atoms with Gasteiger partial charge in [-0.05, 0) is 47.2 Å². The number of benzene rings is 7. The minimum Gasteiger partial charge on any atom is -0.422 e. The van der Waals surface area contributed by atoms with Crippen molar-refractivity contribution in [2.45, 2.75) is 0 Å². The summed E-state index contributed by atoms with van der Waals surface area (Å²) in [4.78, 5) is 26.7. The molecule has 0 saturated heterocycles. The highest BCUT2D eigenvalue weighted by molar-refractivity contribution is 6.49. The second kappa shape index (κ2) is 6.11. The van der Waals surface area contributed by atoms with E-state index in [1.807, 2.05) is 0 Å². The summed E-state index contributed by atoms with van der Waals surface area (Å²) in [7, 11) is 0. The molecule has 9 rings (SSSR count). The van der Waals surface area contributed by atoms with E-state index in [1.165, 1.54) is 12.1 Å². The van der Waals surface area contributed by atoms with Crippen molar-refractivity contribution in [3.05, 3.63) is 92.6 Å². The molecule has 0 N–H and O–H groups in total. The van der Waals surface area contributed by atoms with E-state index in [0.717, 1.165) is 24.3 Å². The van der Waals surface area contributed by atoms with Gasteiger partial charge in [-0.25, -0.2) is 27.2 Å². The Kier molecular flexibility index (Phi) is 3.23. The largest absolute Gasteiger partial charge is 0.422 e. The Morgan fingerprint density at radius 3 is 1.26 bits per heavy atom. The SMILES string of the molecule is O=c1oc2ccc3c4c(F)cc(F)cc4c4c(=O)oc5ccc6c7c(F)cc(F)cc7c1c1c2c3c4c5c61. The summed E-state index contributed by atoms with van der Waals surface area (Å²) in [5, 5.41) is 3.10. The molecule has 8 heteroatoms. The lowest BCUT2D eigenvalue weighted by Crippen LogP contribution is -2.08. The monoisotopic (exact) mass is 508 g/mol. The Balaban J connectivity index is 1.82. The van der Waals surface area contributed by atoms with Gasteiger partial charge in [0.25, 0.3) is 0 Å². The van der Waals surface area contributed by atoms with E-state index in [9.17, 15) is 18.4 Å². The maximum atomic E-state index is 15.3. The molecule has 4 nitrogen and oxygen atoms in total. The van der Waals surface area contributed by atoms with E-state index in [2.05, 4.69) is 0 Å². The number of halogens is 4. The molecule has 0 unspecified atom stereocenters. The molecule has 0 atom stereocenters. The molecule has 0 amide bonds. The van der Waals surface area contributed by atoms with Crippen LogP contribution in [0, 0.1) is 23.3 Å². The van der Waals surface area contributed by atoms with E-state index in [1.54, 1.807) is 12.1 Å². The fourth-order valence-corrected chi connectivity index (χ4v) is 6.60. The van der Waals surface area contributed by atoms with Crippen molar-refractivity contribution in [1.82, 2.24) is 0 Å². The zero-order chi connectivity index (χ0) is 25.8. The van der Waals surface area contributed by atoms with Gasteiger partial charge in [0, 0.05) is 66.0 Å². The van der Waals surface area contributed by atoms with Crippen LogP contribution in [0.25, 0.3) is 86.6 Å². The number of hydrogen-bond acceptors (Lipinski definition) is 4. The maximum Gasteiger partial charge on any atom is 0.344 e. The van der Waals surface area contributed by atoms with Crippen molar-refractivity contribution in [3.8, 4) is 0 Å². The van der Waals surface area contributed by atoms with Crippen LogP contribution in [0.5, 0.6) is 0 Å². The normalized spacial score (nSPS) is 12.9. The Bertz CT molecular complexity index is 2460. The first-order valence-corrected chi connectivity index (χ1v) is 11.6. The summed E-state index contributed by atoms with van der Waals surface area (Å²) in [6.45, 7) is 0. The van der Waals surface area contributed by atoms with Gasteiger partial charge in [0.05, 0.1) is 10.8 Å². The summed E-state index contributed by atoms with van der Waals surface area (Å²) in [6.07, 6.45) is 0. The molecule has 38 heavy (non-hydrogen) atoms. The summed E-state index contributed by atoms with van der Waals surface area (Å²) in [5.74, 6) is -3.48. The van der Waals surface area contributed by atoms with E-state index < -0.39 is 34.5 Å². The topological polar surface area (TPSA) is 60.4 Å². The number of rotatable bonds is 0. The van der Waals surface area contributed by atoms with Gasteiger partial charge in [0.1, 0.15) is 34.4 Å². The van der Waals surface area contributed by atoms with Gasteiger partial charge in [-0.15, -0.1) is 0 Å². The standard InChI is InChI=1S/C30H8F4O4/c31-9-5-13-19(15(33)7-9)11-1-3-17-25-21(11)27-23(13)30(36)38-18-4-2-12-20-14(6-10(32)8-16(20)34)24(29(35)37-17)28(25)22(12)26(18)27/h1-8H. The van der Waals surface area contributed by atoms with Crippen LogP contribution >= 0.6 is 0 Å².